The topological polar surface area (TPSA) is 41.1 Å². The van der Waals surface area contributed by atoms with Crippen LogP contribution in [-0.2, 0) is 0 Å². The summed E-state index contributed by atoms with van der Waals surface area (Å²) in [5.41, 5.74) is 17.8. The van der Waals surface area contributed by atoms with Crippen molar-refractivity contribution < 1.29 is 17.6 Å². The number of aryl methyl sites for hydroxylation is 3. The lowest BCUT2D eigenvalue weighted by atomic mass is 10.1. The van der Waals surface area contributed by atoms with Crippen molar-refractivity contribution >= 4 is 364 Å². The van der Waals surface area contributed by atoms with Gasteiger partial charge in [-0.2, -0.15) is 0 Å². The molecule has 20 heteroatoms. The summed E-state index contributed by atoms with van der Waals surface area (Å²) in [5, 5.41) is 11.8. The zero-order valence-electron chi connectivity index (χ0n) is 53.6. The molecule has 0 unspecified atom stereocenters. The fraction of sp³-hybridized carbons (Fsp3) is 0.0361. The normalized spacial score (nSPS) is 12.5. The number of thiophene rings is 9. The summed E-state index contributed by atoms with van der Waals surface area (Å²) in [6.07, 6.45) is 0. The second-order valence-electron chi connectivity index (χ2n) is 26.1. The number of hydrogen-bond acceptors (Lipinski definition) is 11. The maximum absolute atomic E-state index is 14.1. The minimum absolute atomic E-state index is 0.232. The summed E-state index contributed by atoms with van der Waals surface area (Å²) in [5.74, 6) is -0.477. The third kappa shape index (κ3) is 9.67. The minimum Gasteiger partial charge on any atom is -0.454 e. The van der Waals surface area contributed by atoms with E-state index in [4.69, 9.17) is 8.83 Å². The summed E-state index contributed by atoms with van der Waals surface area (Å²) >= 11 is 28.6. The molecule has 0 aliphatic heterocycles. The number of fused-ring (bicyclic) bond motifs is 30. The van der Waals surface area contributed by atoms with Gasteiger partial charge in [-0.15, -0.1) is 102 Å². The van der Waals surface area contributed by atoms with Crippen LogP contribution in [0.25, 0.3) is 202 Å². The number of halogens is 6. The van der Waals surface area contributed by atoms with Crippen LogP contribution >= 0.6 is 179 Å². The number of rotatable bonds is 3. The molecule has 496 valence electrons. The van der Waals surface area contributed by atoms with Crippen molar-refractivity contribution in [1.82, 2.24) is 13.7 Å². The molecule has 0 saturated heterocycles. The summed E-state index contributed by atoms with van der Waals surface area (Å²) in [4.78, 5) is 0. The molecule has 0 fully saturated rings. The Balaban J connectivity index is 0.0000000974. The second-order valence-corrected chi connectivity index (χ2v) is 40.8. The average molecular weight is 1850 g/mol. The van der Waals surface area contributed by atoms with Gasteiger partial charge in [-0.05, 0) is 249 Å². The minimum atomic E-state index is -0.245. The van der Waals surface area contributed by atoms with Gasteiger partial charge in [0.25, 0.3) is 0 Å². The van der Waals surface area contributed by atoms with Gasteiger partial charge in [-0.1, -0.05) is 59.2 Å². The molecule has 14 aromatic heterocycles. The molecule has 0 atom stereocenters. The third-order valence-corrected chi connectivity index (χ3v) is 33.2. The Kier molecular flexibility index (Phi) is 14.4. The molecule has 103 heavy (non-hydrogen) atoms. The SMILES string of the molecule is Cc1ccc(-n2c3cc(Br)sc3c3sc4cc5c(cc4c32)sc2c3sc(Br)cc3sc52)cc1.Cc1ccc(-n2c3cc(I)ccc3c3oc4cc5c(cc4c32)sc2c3ccc(I)cc3sc52)cc1.Cc1ccc(-n2c3cc4c(cc3c3sc5cc(F)ccc5c32)oc2c3ccc(F)cc3sc42)cc1. The standard InChI is InChI=1S/C29H15F2NOS2.C29H15I2NOS2.C25H11Br2NS5/c1-14-2-6-17(7-3-14)32-22-12-21-23(33-27-19-9-5-16(31)11-25(19)35-29(21)27)13-20(22)28-26(32)18-8-4-15(30)10-24(18)34-28;1-14-2-6-17(7-3-14)32-22-10-15(30)4-8-18(22)27-26(32)20-13-25-21(12-23(20)33-27)29-28(35-25)19-9-5-16(31)11-24(19)34-29;1-10-2-4-11(5-3-10)28-14-8-18(26)32-22(14)24-20(28)12-6-16-13(7-15(12)29-24)21-25(30-16)23-17(31-21)9-19(27)33-23/h2*2-13H,1H3;2-9H,1H3. The Hall–Kier alpha value is -7.14. The summed E-state index contributed by atoms with van der Waals surface area (Å²) in [6, 6.07) is 67.7. The van der Waals surface area contributed by atoms with Crippen LogP contribution in [0.3, 0.4) is 0 Å². The Morgan fingerprint density at radius 3 is 1.47 bits per heavy atom. The van der Waals surface area contributed by atoms with E-state index in [1.807, 2.05) is 85.4 Å². The van der Waals surface area contributed by atoms with Gasteiger partial charge in [-0.3, -0.25) is 0 Å². The van der Waals surface area contributed by atoms with Crippen LogP contribution in [0.15, 0.2) is 211 Å². The van der Waals surface area contributed by atoms with E-state index in [9.17, 15) is 8.78 Å². The van der Waals surface area contributed by atoms with Crippen LogP contribution in [0.2, 0.25) is 0 Å². The Morgan fingerprint density at radius 2 is 0.748 bits per heavy atom. The molecule has 24 aromatic rings. The van der Waals surface area contributed by atoms with E-state index in [0.717, 1.165) is 96.0 Å². The smallest absolute Gasteiger partial charge is 0.161 e. The van der Waals surface area contributed by atoms with Crippen molar-refractivity contribution in [3.05, 3.63) is 237 Å². The molecule has 10 aromatic carbocycles. The van der Waals surface area contributed by atoms with E-state index in [2.05, 4.69) is 269 Å². The molecule has 5 nitrogen and oxygen atoms in total. The Morgan fingerprint density at radius 1 is 0.291 bits per heavy atom. The van der Waals surface area contributed by atoms with E-state index >= 15 is 0 Å². The molecule has 0 aliphatic carbocycles. The highest BCUT2D eigenvalue weighted by atomic mass is 127. The third-order valence-electron chi connectivity index (χ3n) is 19.7. The van der Waals surface area contributed by atoms with E-state index in [0.29, 0.717) is 0 Å². The van der Waals surface area contributed by atoms with Gasteiger partial charge in [0.2, 0.25) is 0 Å². The molecule has 0 spiro atoms. The van der Waals surface area contributed by atoms with Gasteiger partial charge in [0.05, 0.1) is 77.5 Å². The highest BCUT2D eigenvalue weighted by Crippen LogP contribution is 2.54. The zero-order chi connectivity index (χ0) is 68.9. The van der Waals surface area contributed by atoms with Gasteiger partial charge in [0.15, 0.2) is 11.2 Å². The van der Waals surface area contributed by atoms with Crippen molar-refractivity contribution in [3.8, 4) is 17.1 Å². The first-order valence-electron chi connectivity index (χ1n) is 32.7. The van der Waals surface area contributed by atoms with Crippen molar-refractivity contribution in [2.45, 2.75) is 20.8 Å². The number of hydrogen-bond donors (Lipinski definition) is 0. The van der Waals surface area contributed by atoms with Gasteiger partial charge in [0.1, 0.15) is 28.3 Å². The quantitative estimate of drug-likeness (QED) is 0.165. The summed E-state index contributed by atoms with van der Waals surface area (Å²) < 4.78 is 73.4. The van der Waals surface area contributed by atoms with E-state index in [1.165, 1.54) is 149 Å². The number of furan rings is 2. The fourth-order valence-electron chi connectivity index (χ4n) is 15.1. The molecule has 14 heterocycles. The monoisotopic (exact) mass is 1850 g/mol. The van der Waals surface area contributed by atoms with Crippen molar-refractivity contribution in [2.75, 3.05) is 0 Å². The van der Waals surface area contributed by atoms with Crippen molar-refractivity contribution in [2.24, 2.45) is 0 Å². The molecule has 0 amide bonds. The number of benzene rings is 10. The number of nitrogens with zero attached hydrogens (tertiary/aromatic N) is 3. The highest BCUT2D eigenvalue weighted by molar-refractivity contribution is 14.1. The molecule has 0 saturated carbocycles. The second kappa shape index (κ2) is 23.4. The number of aromatic nitrogens is 3. The molecular formula is C83H41Br2F2I2N3O2S9. The first-order valence-corrected chi connectivity index (χ1v) is 43.8. The van der Waals surface area contributed by atoms with Crippen LogP contribution in [0.1, 0.15) is 16.7 Å². The molecule has 24 rings (SSSR count). The van der Waals surface area contributed by atoms with E-state index in [1.54, 1.807) is 40.9 Å². The average Bonchev–Trinajstić information content (AvgIpc) is 1.55. The predicted molar refractivity (Wildman–Crippen MR) is 473 cm³/mol. The summed E-state index contributed by atoms with van der Waals surface area (Å²) in [7, 11) is 0. The van der Waals surface area contributed by atoms with Crippen LogP contribution in [0, 0.1) is 39.5 Å². The maximum atomic E-state index is 14.1. The van der Waals surface area contributed by atoms with Crippen LogP contribution in [-0.4, -0.2) is 13.7 Å². The van der Waals surface area contributed by atoms with Gasteiger partial charge in [0, 0.05) is 111 Å². The van der Waals surface area contributed by atoms with Crippen molar-refractivity contribution in [1.29, 1.82) is 0 Å². The molecule has 0 bridgehead atoms. The first kappa shape index (κ1) is 63.2. The van der Waals surface area contributed by atoms with Crippen molar-refractivity contribution in [3.63, 3.8) is 0 Å². The van der Waals surface area contributed by atoms with Gasteiger partial charge < -0.3 is 22.5 Å². The Labute approximate surface area is 661 Å². The predicted octanol–water partition coefficient (Wildman–Crippen LogP) is 31.9. The van der Waals surface area contributed by atoms with E-state index < -0.39 is 0 Å². The first-order chi connectivity index (χ1) is 50.1. The highest BCUT2D eigenvalue weighted by Gasteiger charge is 2.27. The van der Waals surface area contributed by atoms with Crippen LogP contribution < -0.4 is 0 Å². The lowest BCUT2D eigenvalue weighted by molar-refractivity contribution is 0.629. The van der Waals surface area contributed by atoms with Gasteiger partial charge >= 0.3 is 0 Å². The molecule has 0 aliphatic rings. The summed E-state index contributed by atoms with van der Waals surface area (Å²) in [6.45, 7) is 6.35. The lowest BCUT2D eigenvalue weighted by Crippen LogP contribution is -1.94. The van der Waals surface area contributed by atoms with Gasteiger partial charge in [-0.25, -0.2) is 8.78 Å². The van der Waals surface area contributed by atoms with E-state index in [-0.39, 0.29) is 11.6 Å². The lowest BCUT2D eigenvalue weighted by Gasteiger charge is -2.08. The van der Waals surface area contributed by atoms with Crippen LogP contribution in [0.5, 0.6) is 0 Å². The molecule has 0 N–H and O–H groups in total. The molecular weight excluding hydrogens is 1810 g/mol. The molecule has 0 radical (unpaired) electrons. The maximum Gasteiger partial charge on any atom is 0.161 e. The fourth-order valence-corrected chi connectivity index (χ4v) is 29.0. The Bertz CT molecular complexity index is 7790. The largest absolute Gasteiger partial charge is 0.454 e. The zero-order valence-corrected chi connectivity index (χ0v) is 68.4. The van der Waals surface area contributed by atoms with Crippen LogP contribution in [0.4, 0.5) is 8.78 Å².